The number of anilines is 1. The van der Waals surface area contributed by atoms with Crippen LogP contribution in [0.5, 0.6) is 0 Å². The van der Waals surface area contributed by atoms with Crippen molar-refractivity contribution in [2.45, 2.75) is 11.4 Å². The molecular weight excluding hydrogens is 408 g/mol. The van der Waals surface area contributed by atoms with E-state index in [1.165, 1.54) is 34.5 Å². The van der Waals surface area contributed by atoms with Crippen molar-refractivity contribution in [3.8, 4) is 0 Å². The van der Waals surface area contributed by atoms with Crippen LogP contribution in [-0.4, -0.2) is 51.0 Å². The van der Waals surface area contributed by atoms with Crippen LogP contribution in [0.25, 0.3) is 0 Å². The van der Waals surface area contributed by atoms with Crippen LogP contribution < -0.4 is 4.90 Å². The van der Waals surface area contributed by atoms with Crippen molar-refractivity contribution in [2.75, 3.05) is 38.3 Å². The van der Waals surface area contributed by atoms with Gasteiger partial charge in [-0.15, -0.1) is 0 Å². The van der Waals surface area contributed by atoms with Crippen molar-refractivity contribution in [3.05, 3.63) is 63.7 Å². The Kier molecular flexibility index (Phi) is 6.10. The maximum atomic E-state index is 13.9. The van der Waals surface area contributed by atoms with Crippen LogP contribution in [0.4, 0.5) is 20.2 Å². The molecule has 1 aliphatic rings. The number of nitrogens with zero attached hydrogens (tertiary/aromatic N) is 3. The number of morpholine rings is 1. The fourth-order valence-electron chi connectivity index (χ4n) is 3.06. The van der Waals surface area contributed by atoms with Crippen molar-refractivity contribution < 1.29 is 26.9 Å². The van der Waals surface area contributed by atoms with Gasteiger partial charge in [0.05, 0.1) is 23.0 Å². The van der Waals surface area contributed by atoms with Crippen LogP contribution in [0.1, 0.15) is 5.56 Å². The largest absolute Gasteiger partial charge is 0.379 e. The summed E-state index contributed by atoms with van der Waals surface area (Å²) in [5.74, 6) is -1.50. The van der Waals surface area contributed by atoms with Gasteiger partial charge in [0, 0.05) is 44.4 Å². The van der Waals surface area contributed by atoms with Crippen LogP contribution in [0.3, 0.4) is 0 Å². The highest BCUT2D eigenvalue weighted by Gasteiger charge is 2.29. The summed E-state index contributed by atoms with van der Waals surface area (Å²) in [5, 5.41) is 11.6. The van der Waals surface area contributed by atoms with E-state index in [9.17, 15) is 27.3 Å². The second-order valence-electron chi connectivity index (χ2n) is 6.52. The number of nitro benzene ring substituents is 1. The molecule has 8 nitrogen and oxygen atoms in total. The molecule has 0 atom stereocenters. The van der Waals surface area contributed by atoms with Gasteiger partial charge in [-0.1, -0.05) is 6.07 Å². The van der Waals surface area contributed by atoms with E-state index in [2.05, 4.69) is 0 Å². The lowest BCUT2D eigenvalue weighted by molar-refractivity contribution is -0.384. The van der Waals surface area contributed by atoms with Crippen molar-refractivity contribution in [2.24, 2.45) is 0 Å². The molecule has 0 N–H and O–H groups in total. The van der Waals surface area contributed by atoms with Gasteiger partial charge < -0.3 is 9.64 Å². The molecular formula is C18H19F2N3O5S. The molecule has 1 aliphatic heterocycles. The Morgan fingerprint density at radius 1 is 1.17 bits per heavy atom. The lowest BCUT2D eigenvalue weighted by Gasteiger charge is -2.26. The normalized spacial score (nSPS) is 15.3. The molecule has 1 fully saturated rings. The maximum Gasteiger partial charge on any atom is 0.293 e. The van der Waals surface area contributed by atoms with Crippen LogP contribution in [0.15, 0.2) is 41.3 Å². The molecule has 11 heteroatoms. The summed E-state index contributed by atoms with van der Waals surface area (Å²) < 4.78 is 58.9. The second-order valence-corrected chi connectivity index (χ2v) is 8.45. The second kappa shape index (κ2) is 8.39. The van der Waals surface area contributed by atoms with Crippen molar-refractivity contribution in [3.63, 3.8) is 0 Å². The molecule has 156 valence electrons. The minimum Gasteiger partial charge on any atom is -0.379 e. The maximum absolute atomic E-state index is 13.9. The SMILES string of the molecule is CN(Cc1ccc(F)cc1F)c1ccc(S(=O)(=O)N2CCOCC2)cc1[N+](=O)[O-]. The Morgan fingerprint density at radius 3 is 2.48 bits per heavy atom. The zero-order valence-electron chi connectivity index (χ0n) is 15.5. The van der Waals surface area contributed by atoms with Gasteiger partial charge in [-0.2, -0.15) is 4.31 Å². The summed E-state index contributed by atoms with van der Waals surface area (Å²) in [7, 11) is -2.40. The number of rotatable bonds is 6. The van der Waals surface area contributed by atoms with E-state index < -0.39 is 32.3 Å². The molecule has 0 aromatic heterocycles. The minimum absolute atomic E-state index is 0.0670. The number of sulfonamides is 1. The summed E-state index contributed by atoms with van der Waals surface area (Å²) >= 11 is 0. The van der Waals surface area contributed by atoms with Gasteiger partial charge in [-0.3, -0.25) is 10.1 Å². The molecule has 29 heavy (non-hydrogen) atoms. The first-order valence-corrected chi connectivity index (χ1v) is 10.2. The monoisotopic (exact) mass is 427 g/mol. The van der Waals surface area contributed by atoms with Gasteiger partial charge in [0.2, 0.25) is 10.0 Å². The Balaban J connectivity index is 1.92. The molecule has 0 amide bonds. The van der Waals surface area contributed by atoms with Crippen LogP contribution in [-0.2, 0) is 21.3 Å². The number of halogens is 2. The average molecular weight is 427 g/mol. The standard InChI is InChI=1S/C18H19F2N3O5S/c1-21(12-13-2-3-14(19)10-16(13)20)17-5-4-15(11-18(17)23(24)25)29(26,27)22-6-8-28-9-7-22/h2-5,10-11H,6-9,12H2,1H3. The van der Waals surface area contributed by atoms with Crippen LogP contribution in [0, 0.1) is 21.7 Å². The molecule has 0 radical (unpaired) electrons. The Morgan fingerprint density at radius 2 is 1.86 bits per heavy atom. The van der Waals surface area contributed by atoms with E-state index in [4.69, 9.17) is 4.74 Å². The first-order chi connectivity index (χ1) is 13.7. The highest BCUT2D eigenvalue weighted by molar-refractivity contribution is 7.89. The van der Waals surface area contributed by atoms with E-state index in [1.54, 1.807) is 0 Å². The van der Waals surface area contributed by atoms with Gasteiger partial charge in [-0.05, 0) is 18.2 Å². The van der Waals surface area contributed by atoms with E-state index in [1.807, 2.05) is 0 Å². The van der Waals surface area contributed by atoms with Crippen molar-refractivity contribution in [1.82, 2.24) is 4.31 Å². The van der Waals surface area contributed by atoms with E-state index >= 15 is 0 Å². The molecule has 0 saturated carbocycles. The third kappa shape index (κ3) is 4.52. The number of hydrogen-bond acceptors (Lipinski definition) is 6. The summed E-state index contributed by atoms with van der Waals surface area (Å²) in [4.78, 5) is 12.1. The molecule has 0 spiro atoms. The fraction of sp³-hybridized carbons (Fsp3) is 0.333. The number of ether oxygens (including phenoxy) is 1. The van der Waals surface area contributed by atoms with E-state index in [-0.39, 0.29) is 49.0 Å². The van der Waals surface area contributed by atoms with Crippen LogP contribution >= 0.6 is 0 Å². The predicted octanol–water partition coefficient (Wildman–Crippen LogP) is 2.53. The fourth-order valence-corrected chi connectivity index (χ4v) is 4.49. The van der Waals surface area contributed by atoms with Crippen molar-refractivity contribution >= 4 is 21.4 Å². The Labute approximate surface area is 166 Å². The predicted molar refractivity (Wildman–Crippen MR) is 101 cm³/mol. The Bertz CT molecular complexity index is 1030. The highest BCUT2D eigenvalue weighted by Crippen LogP contribution is 2.32. The number of benzene rings is 2. The number of hydrogen-bond donors (Lipinski definition) is 0. The molecule has 2 aromatic carbocycles. The van der Waals surface area contributed by atoms with Gasteiger partial charge in [0.15, 0.2) is 0 Å². The van der Waals surface area contributed by atoms with E-state index in [0.717, 1.165) is 18.2 Å². The third-order valence-corrected chi connectivity index (χ3v) is 6.48. The van der Waals surface area contributed by atoms with Gasteiger partial charge in [-0.25, -0.2) is 17.2 Å². The molecule has 3 rings (SSSR count). The van der Waals surface area contributed by atoms with Crippen molar-refractivity contribution in [1.29, 1.82) is 0 Å². The molecule has 2 aromatic rings. The molecule has 0 bridgehead atoms. The zero-order chi connectivity index (χ0) is 21.2. The number of nitro groups is 1. The summed E-state index contributed by atoms with van der Waals surface area (Å²) in [6, 6.07) is 6.67. The quantitative estimate of drug-likeness (QED) is 0.520. The lowest BCUT2D eigenvalue weighted by atomic mass is 10.1. The van der Waals surface area contributed by atoms with E-state index in [0.29, 0.717) is 0 Å². The zero-order valence-corrected chi connectivity index (χ0v) is 16.4. The third-order valence-electron chi connectivity index (χ3n) is 4.59. The molecule has 1 saturated heterocycles. The summed E-state index contributed by atoms with van der Waals surface area (Å²) in [5.41, 5.74) is -0.169. The smallest absolute Gasteiger partial charge is 0.293 e. The molecule has 0 unspecified atom stereocenters. The molecule has 0 aliphatic carbocycles. The lowest BCUT2D eigenvalue weighted by Crippen LogP contribution is -2.40. The summed E-state index contributed by atoms with van der Waals surface area (Å²) in [6.07, 6.45) is 0. The topological polar surface area (TPSA) is 93.0 Å². The summed E-state index contributed by atoms with van der Waals surface area (Å²) in [6.45, 7) is 0.780. The first-order valence-electron chi connectivity index (χ1n) is 8.71. The van der Waals surface area contributed by atoms with Crippen LogP contribution in [0.2, 0.25) is 0 Å². The minimum atomic E-state index is -3.90. The average Bonchev–Trinajstić information content (AvgIpc) is 2.70. The highest BCUT2D eigenvalue weighted by atomic mass is 32.2. The van der Waals surface area contributed by atoms with Gasteiger partial charge >= 0.3 is 0 Å². The molecule has 1 heterocycles. The Hall–Kier alpha value is -2.63. The van der Waals surface area contributed by atoms with Gasteiger partial charge in [0.1, 0.15) is 17.3 Å². The first kappa shape index (κ1) is 21.1. The van der Waals surface area contributed by atoms with Gasteiger partial charge in [0.25, 0.3) is 5.69 Å².